The number of nitrogens with one attached hydrogen (secondary N) is 1. The van der Waals surface area contributed by atoms with Gasteiger partial charge >= 0.3 is 0 Å². The van der Waals surface area contributed by atoms with Gasteiger partial charge < -0.3 is 14.8 Å². The summed E-state index contributed by atoms with van der Waals surface area (Å²) in [7, 11) is 3.09. The third-order valence-electron chi connectivity index (χ3n) is 3.34. The summed E-state index contributed by atoms with van der Waals surface area (Å²) in [5, 5.41) is 3.70. The number of benzene rings is 2. The van der Waals surface area contributed by atoms with Gasteiger partial charge in [-0.2, -0.15) is 0 Å². The molecular weight excluding hydrogens is 314 g/mol. The Kier molecular flexibility index (Phi) is 5.66. The van der Waals surface area contributed by atoms with Gasteiger partial charge in [-0.05, 0) is 42.8 Å². The molecule has 0 aliphatic carbocycles. The lowest BCUT2D eigenvalue weighted by atomic mass is 10.1. The first-order valence-corrected chi connectivity index (χ1v) is 7.38. The van der Waals surface area contributed by atoms with Crippen molar-refractivity contribution >= 4 is 23.1 Å². The van der Waals surface area contributed by atoms with Crippen LogP contribution in [-0.2, 0) is 0 Å². The van der Waals surface area contributed by atoms with Crippen LogP contribution in [-0.4, -0.2) is 20.0 Å². The van der Waals surface area contributed by atoms with Crippen molar-refractivity contribution in [3.05, 3.63) is 64.8 Å². The fourth-order valence-corrected chi connectivity index (χ4v) is 2.21. The molecule has 0 aromatic heterocycles. The van der Waals surface area contributed by atoms with Crippen LogP contribution in [0, 0.1) is 6.92 Å². The highest BCUT2D eigenvalue weighted by molar-refractivity contribution is 6.30. The van der Waals surface area contributed by atoms with E-state index in [9.17, 15) is 4.79 Å². The van der Waals surface area contributed by atoms with Crippen molar-refractivity contribution in [1.82, 2.24) is 0 Å². The Morgan fingerprint density at radius 2 is 1.83 bits per heavy atom. The summed E-state index contributed by atoms with van der Waals surface area (Å²) in [6, 6.07) is 10.6. The Morgan fingerprint density at radius 1 is 1.09 bits per heavy atom. The minimum absolute atomic E-state index is 0.141. The number of ether oxygens (including phenoxy) is 2. The van der Waals surface area contributed by atoms with Gasteiger partial charge in [0, 0.05) is 28.5 Å². The Morgan fingerprint density at radius 3 is 2.52 bits per heavy atom. The number of allylic oxidation sites excluding steroid dienone is 1. The third-order valence-corrected chi connectivity index (χ3v) is 3.58. The van der Waals surface area contributed by atoms with Gasteiger partial charge in [-0.25, -0.2) is 0 Å². The van der Waals surface area contributed by atoms with Crippen LogP contribution >= 0.6 is 11.6 Å². The fourth-order valence-electron chi connectivity index (χ4n) is 2.04. The number of rotatable bonds is 6. The SMILES string of the molecule is COc1ccc(C(=O)/C=C/Nc2cc(Cl)ccc2C)cc1OC. The minimum Gasteiger partial charge on any atom is -0.493 e. The molecule has 2 aromatic carbocycles. The zero-order valence-corrected chi connectivity index (χ0v) is 14.0. The minimum atomic E-state index is -0.141. The number of halogens is 1. The molecular formula is C18H18ClNO3. The quantitative estimate of drug-likeness (QED) is 0.626. The average molecular weight is 332 g/mol. The van der Waals surface area contributed by atoms with E-state index in [1.165, 1.54) is 13.2 Å². The molecule has 0 aliphatic heterocycles. The monoisotopic (exact) mass is 331 g/mol. The van der Waals surface area contributed by atoms with E-state index in [4.69, 9.17) is 21.1 Å². The van der Waals surface area contributed by atoms with Crippen LogP contribution in [0.2, 0.25) is 5.02 Å². The molecule has 1 N–H and O–H groups in total. The molecule has 0 heterocycles. The average Bonchev–Trinajstić information content (AvgIpc) is 2.57. The largest absolute Gasteiger partial charge is 0.493 e. The Labute approximate surface area is 140 Å². The van der Waals surface area contributed by atoms with Gasteiger partial charge in [-0.3, -0.25) is 4.79 Å². The Bertz CT molecular complexity index is 741. The molecule has 0 amide bonds. The van der Waals surface area contributed by atoms with Crippen LogP contribution < -0.4 is 14.8 Å². The van der Waals surface area contributed by atoms with Crippen LogP contribution in [0.25, 0.3) is 0 Å². The van der Waals surface area contributed by atoms with Crippen LogP contribution in [0.15, 0.2) is 48.7 Å². The van der Waals surface area contributed by atoms with E-state index < -0.39 is 0 Å². The number of hydrogen-bond donors (Lipinski definition) is 1. The summed E-state index contributed by atoms with van der Waals surface area (Å²) in [6.07, 6.45) is 3.05. The predicted octanol–water partition coefficient (Wildman–Crippen LogP) is 4.47. The van der Waals surface area contributed by atoms with Gasteiger partial charge in [0.05, 0.1) is 14.2 Å². The molecule has 23 heavy (non-hydrogen) atoms. The molecule has 0 atom stereocenters. The lowest BCUT2D eigenvalue weighted by molar-refractivity contribution is 0.104. The summed E-state index contributed by atoms with van der Waals surface area (Å²) in [6.45, 7) is 1.96. The van der Waals surface area contributed by atoms with E-state index in [2.05, 4.69) is 5.32 Å². The van der Waals surface area contributed by atoms with Crippen molar-refractivity contribution in [2.24, 2.45) is 0 Å². The first kappa shape index (κ1) is 16.9. The molecule has 0 unspecified atom stereocenters. The van der Waals surface area contributed by atoms with Crippen molar-refractivity contribution in [3.63, 3.8) is 0 Å². The molecule has 0 bridgehead atoms. The first-order chi connectivity index (χ1) is 11.0. The maximum absolute atomic E-state index is 12.2. The van der Waals surface area contributed by atoms with Gasteiger partial charge in [0.1, 0.15) is 0 Å². The zero-order chi connectivity index (χ0) is 16.8. The standard InChI is InChI=1S/C18H18ClNO3/c1-12-4-6-14(19)11-15(12)20-9-8-16(21)13-5-7-17(22-2)18(10-13)23-3/h4-11,20H,1-3H3/b9-8+. The number of carbonyl (C=O) groups excluding carboxylic acids is 1. The van der Waals surface area contributed by atoms with Gasteiger partial charge in [-0.15, -0.1) is 0 Å². The van der Waals surface area contributed by atoms with Crippen LogP contribution in [0.5, 0.6) is 11.5 Å². The Hall–Kier alpha value is -2.46. The highest BCUT2D eigenvalue weighted by Gasteiger charge is 2.08. The van der Waals surface area contributed by atoms with E-state index in [0.29, 0.717) is 22.1 Å². The lowest BCUT2D eigenvalue weighted by Gasteiger charge is -2.08. The molecule has 0 aliphatic rings. The highest BCUT2D eigenvalue weighted by Crippen LogP contribution is 2.27. The molecule has 120 valence electrons. The van der Waals surface area contributed by atoms with Crippen molar-refractivity contribution in [3.8, 4) is 11.5 Å². The van der Waals surface area contributed by atoms with Crippen LogP contribution in [0.3, 0.4) is 0 Å². The molecule has 2 rings (SSSR count). The predicted molar refractivity (Wildman–Crippen MR) is 92.8 cm³/mol. The number of ketones is 1. The number of hydrogen-bond acceptors (Lipinski definition) is 4. The Balaban J connectivity index is 2.11. The maximum atomic E-state index is 12.2. The molecule has 0 fully saturated rings. The van der Waals surface area contributed by atoms with Crippen molar-refractivity contribution in [2.75, 3.05) is 19.5 Å². The van der Waals surface area contributed by atoms with E-state index in [0.717, 1.165) is 11.3 Å². The number of aryl methyl sites for hydroxylation is 1. The topological polar surface area (TPSA) is 47.6 Å². The molecule has 0 radical (unpaired) electrons. The highest BCUT2D eigenvalue weighted by atomic mass is 35.5. The van der Waals surface area contributed by atoms with E-state index >= 15 is 0 Å². The fraction of sp³-hybridized carbons (Fsp3) is 0.167. The summed E-state index contributed by atoms with van der Waals surface area (Å²) in [5.74, 6) is 0.962. The molecule has 5 heteroatoms. The van der Waals surface area contributed by atoms with Crippen LogP contribution in [0.4, 0.5) is 5.69 Å². The second-order valence-electron chi connectivity index (χ2n) is 4.87. The first-order valence-electron chi connectivity index (χ1n) is 7.00. The maximum Gasteiger partial charge on any atom is 0.187 e. The van der Waals surface area contributed by atoms with E-state index in [-0.39, 0.29) is 5.78 Å². The molecule has 4 nitrogen and oxygen atoms in total. The second kappa shape index (κ2) is 7.70. The van der Waals surface area contributed by atoms with Crippen molar-refractivity contribution in [1.29, 1.82) is 0 Å². The summed E-state index contributed by atoms with van der Waals surface area (Å²) < 4.78 is 10.4. The normalized spacial score (nSPS) is 10.6. The smallest absolute Gasteiger partial charge is 0.187 e. The molecule has 0 saturated heterocycles. The van der Waals surface area contributed by atoms with E-state index in [1.807, 2.05) is 25.1 Å². The van der Waals surface area contributed by atoms with Crippen molar-refractivity contribution in [2.45, 2.75) is 6.92 Å². The summed E-state index contributed by atoms with van der Waals surface area (Å²) in [4.78, 5) is 12.2. The number of methoxy groups -OCH3 is 2. The zero-order valence-electron chi connectivity index (χ0n) is 13.2. The number of anilines is 1. The summed E-state index contributed by atoms with van der Waals surface area (Å²) in [5.41, 5.74) is 2.41. The molecule has 2 aromatic rings. The van der Waals surface area contributed by atoms with Gasteiger partial charge in [0.15, 0.2) is 17.3 Å². The van der Waals surface area contributed by atoms with Gasteiger partial charge in [-0.1, -0.05) is 17.7 Å². The van der Waals surface area contributed by atoms with Gasteiger partial charge in [0.2, 0.25) is 0 Å². The third kappa shape index (κ3) is 4.27. The lowest BCUT2D eigenvalue weighted by Crippen LogP contribution is -1.99. The van der Waals surface area contributed by atoms with Gasteiger partial charge in [0.25, 0.3) is 0 Å². The van der Waals surface area contributed by atoms with E-state index in [1.54, 1.807) is 31.5 Å². The van der Waals surface area contributed by atoms with Crippen LogP contribution in [0.1, 0.15) is 15.9 Å². The number of carbonyl (C=O) groups is 1. The summed E-state index contributed by atoms with van der Waals surface area (Å²) >= 11 is 5.96. The second-order valence-corrected chi connectivity index (χ2v) is 5.31. The van der Waals surface area contributed by atoms with Crippen molar-refractivity contribution < 1.29 is 14.3 Å². The molecule has 0 saturated carbocycles. The molecule has 0 spiro atoms.